The number of aryl methyl sites for hydroxylation is 1. The lowest BCUT2D eigenvalue weighted by Gasteiger charge is -2.00. The zero-order valence-corrected chi connectivity index (χ0v) is 7.31. The van der Waals surface area contributed by atoms with Gasteiger partial charge in [-0.25, -0.2) is 4.68 Å². The number of rotatable bonds is 6. The molecule has 1 rings (SSSR count). The van der Waals surface area contributed by atoms with Gasteiger partial charge >= 0.3 is 0 Å². The predicted molar refractivity (Wildman–Crippen MR) is 43.5 cm³/mol. The van der Waals surface area contributed by atoms with Crippen LogP contribution in [-0.2, 0) is 11.3 Å². The lowest BCUT2D eigenvalue weighted by Crippen LogP contribution is -2.03. The first-order valence-electron chi connectivity index (χ1n) is 4.22. The highest BCUT2D eigenvalue weighted by Crippen LogP contribution is 1.88. The van der Waals surface area contributed by atoms with E-state index in [1.807, 2.05) is 0 Å². The molecule has 0 spiro atoms. The van der Waals surface area contributed by atoms with Crippen molar-refractivity contribution in [2.75, 3.05) is 13.2 Å². The second kappa shape index (κ2) is 5.65. The monoisotopic (exact) mass is 170 g/mol. The Balaban J connectivity index is 1.96. The molecule has 0 amide bonds. The minimum Gasteiger partial charge on any atom is -0.381 e. The van der Waals surface area contributed by atoms with Crippen molar-refractivity contribution in [1.82, 2.24) is 20.2 Å². The minimum absolute atomic E-state index is 0.785. The summed E-state index contributed by atoms with van der Waals surface area (Å²) < 4.78 is 7.00. The molecule has 0 aliphatic carbocycles. The first-order chi connectivity index (χ1) is 5.93. The van der Waals surface area contributed by atoms with E-state index in [9.17, 15) is 0 Å². The van der Waals surface area contributed by atoms with Crippen LogP contribution in [0.25, 0.3) is 0 Å². The quantitative estimate of drug-likeness (QED) is 0.583. The minimum atomic E-state index is 0.785. The van der Waals surface area contributed by atoms with E-state index in [1.54, 1.807) is 11.0 Å². The van der Waals surface area contributed by atoms with E-state index in [0.29, 0.717) is 0 Å². The van der Waals surface area contributed by atoms with E-state index in [1.165, 1.54) is 0 Å². The highest BCUT2D eigenvalue weighted by atomic mass is 16.5. The van der Waals surface area contributed by atoms with Crippen LogP contribution in [0.2, 0.25) is 0 Å². The average molecular weight is 170 g/mol. The van der Waals surface area contributed by atoms with E-state index < -0.39 is 0 Å². The van der Waals surface area contributed by atoms with Crippen molar-refractivity contribution < 1.29 is 4.74 Å². The molecule has 0 aliphatic rings. The van der Waals surface area contributed by atoms with Crippen LogP contribution in [-0.4, -0.2) is 33.4 Å². The SMILES string of the molecule is CCCOCCCn1cnnn1. The Hall–Kier alpha value is -0.970. The first-order valence-corrected chi connectivity index (χ1v) is 4.22. The fourth-order valence-electron chi connectivity index (χ4n) is 0.858. The highest BCUT2D eigenvalue weighted by Gasteiger charge is 1.91. The van der Waals surface area contributed by atoms with Crippen LogP contribution in [0.5, 0.6) is 0 Å². The smallest absolute Gasteiger partial charge is 0.138 e. The standard InChI is InChI=1S/C7H14N4O/c1-2-5-12-6-3-4-11-7-8-9-10-11/h7H,2-6H2,1H3. The molecule has 68 valence electrons. The third kappa shape index (κ3) is 3.43. The van der Waals surface area contributed by atoms with Crippen molar-refractivity contribution in [3.63, 3.8) is 0 Å². The summed E-state index contributed by atoms with van der Waals surface area (Å²) in [4.78, 5) is 0. The molecular weight excluding hydrogens is 156 g/mol. The van der Waals surface area contributed by atoms with Crippen LogP contribution >= 0.6 is 0 Å². The van der Waals surface area contributed by atoms with Crippen molar-refractivity contribution in [3.05, 3.63) is 6.33 Å². The summed E-state index contributed by atoms with van der Waals surface area (Å²) in [5.74, 6) is 0. The summed E-state index contributed by atoms with van der Waals surface area (Å²) >= 11 is 0. The Morgan fingerprint density at radius 2 is 2.33 bits per heavy atom. The number of hydrogen-bond donors (Lipinski definition) is 0. The third-order valence-electron chi connectivity index (χ3n) is 1.42. The summed E-state index contributed by atoms with van der Waals surface area (Å²) in [7, 11) is 0. The topological polar surface area (TPSA) is 52.8 Å². The van der Waals surface area contributed by atoms with Gasteiger partial charge < -0.3 is 4.74 Å². The van der Waals surface area contributed by atoms with Crippen LogP contribution in [0.3, 0.4) is 0 Å². The van der Waals surface area contributed by atoms with Gasteiger partial charge in [-0.05, 0) is 23.3 Å². The van der Waals surface area contributed by atoms with E-state index in [2.05, 4.69) is 22.4 Å². The molecule has 0 saturated carbocycles. The summed E-state index contributed by atoms with van der Waals surface area (Å²) in [5.41, 5.74) is 0. The van der Waals surface area contributed by atoms with Crippen molar-refractivity contribution in [2.45, 2.75) is 26.3 Å². The summed E-state index contributed by atoms with van der Waals surface area (Å²) in [6.07, 6.45) is 3.65. The number of nitrogens with zero attached hydrogens (tertiary/aromatic N) is 4. The van der Waals surface area contributed by atoms with Crippen molar-refractivity contribution >= 4 is 0 Å². The molecule has 0 saturated heterocycles. The number of hydrogen-bond acceptors (Lipinski definition) is 4. The molecule has 0 aromatic carbocycles. The molecule has 0 atom stereocenters. The van der Waals surface area contributed by atoms with Crippen LogP contribution in [0.4, 0.5) is 0 Å². The van der Waals surface area contributed by atoms with E-state index in [4.69, 9.17) is 4.74 Å². The van der Waals surface area contributed by atoms with Gasteiger partial charge in [0.15, 0.2) is 0 Å². The molecule has 0 N–H and O–H groups in total. The Labute approximate surface area is 71.7 Å². The molecule has 1 heterocycles. The lowest BCUT2D eigenvalue weighted by atomic mass is 10.4. The predicted octanol–water partition coefficient (Wildman–Crippen LogP) is 0.490. The van der Waals surface area contributed by atoms with Gasteiger partial charge in [0, 0.05) is 19.8 Å². The summed E-state index contributed by atoms with van der Waals surface area (Å²) in [5, 5.41) is 10.8. The summed E-state index contributed by atoms with van der Waals surface area (Å²) in [6, 6.07) is 0. The van der Waals surface area contributed by atoms with Gasteiger partial charge in [0.2, 0.25) is 0 Å². The van der Waals surface area contributed by atoms with Crippen LogP contribution in [0, 0.1) is 0 Å². The molecule has 5 nitrogen and oxygen atoms in total. The zero-order chi connectivity index (χ0) is 8.65. The van der Waals surface area contributed by atoms with Gasteiger partial charge in [-0.3, -0.25) is 0 Å². The van der Waals surface area contributed by atoms with Crippen LogP contribution in [0.15, 0.2) is 6.33 Å². The molecule has 0 radical (unpaired) electrons. The normalized spacial score (nSPS) is 10.4. The lowest BCUT2D eigenvalue weighted by molar-refractivity contribution is 0.128. The Morgan fingerprint density at radius 3 is 3.00 bits per heavy atom. The Kier molecular flexibility index (Phi) is 4.30. The molecule has 0 fully saturated rings. The van der Waals surface area contributed by atoms with Crippen LogP contribution in [0.1, 0.15) is 19.8 Å². The highest BCUT2D eigenvalue weighted by molar-refractivity contribution is 4.46. The third-order valence-corrected chi connectivity index (χ3v) is 1.42. The molecule has 1 aromatic heterocycles. The molecule has 0 aliphatic heterocycles. The molecular formula is C7H14N4O. The molecule has 12 heavy (non-hydrogen) atoms. The molecule has 1 aromatic rings. The van der Waals surface area contributed by atoms with E-state index >= 15 is 0 Å². The Morgan fingerprint density at radius 1 is 1.42 bits per heavy atom. The van der Waals surface area contributed by atoms with Gasteiger partial charge in [-0.1, -0.05) is 6.92 Å². The van der Waals surface area contributed by atoms with Crippen molar-refractivity contribution in [3.8, 4) is 0 Å². The van der Waals surface area contributed by atoms with Gasteiger partial charge in [0.05, 0.1) is 0 Å². The number of tetrazole rings is 1. The molecule has 0 bridgehead atoms. The van der Waals surface area contributed by atoms with E-state index in [0.717, 1.165) is 32.6 Å². The Bertz CT molecular complexity index is 187. The fraction of sp³-hybridized carbons (Fsp3) is 0.857. The average Bonchev–Trinajstić information content (AvgIpc) is 2.57. The number of ether oxygens (including phenoxy) is 1. The van der Waals surface area contributed by atoms with Crippen molar-refractivity contribution in [2.24, 2.45) is 0 Å². The maximum Gasteiger partial charge on any atom is 0.138 e. The van der Waals surface area contributed by atoms with Gasteiger partial charge in [-0.2, -0.15) is 0 Å². The van der Waals surface area contributed by atoms with Gasteiger partial charge in [0.25, 0.3) is 0 Å². The second-order valence-electron chi connectivity index (χ2n) is 2.54. The zero-order valence-electron chi connectivity index (χ0n) is 7.31. The first kappa shape index (κ1) is 9.12. The van der Waals surface area contributed by atoms with Gasteiger partial charge in [-0.15, -0.1) is 5.10 Å². The van der Waals surface area contributed by atoms with Crippen LogP contribution < -0.4 is 0 Å². The molecule has 5 heteroatoms. The van der Waals surface area contributed by atoms with Crippen molar-refractivity contribution in [1.29, 1.82) is 0 Å². The van der Waals surface area contributed by atoms with E-state index in [-0.39, 0.29) is 0 Å². The summed E-state index contributed by atoms with van der Waals surface area (Å²) in [6.45, 7) is 4.56. The largest absolute Gasteiger partial charge is 0.381 e. The maximum absolute atomic E-state index is 5.30. The maximum atomic E-state index is 5.30. The molecule has 0 unspecified atom stereocenters. The van der Waals surface area contributed by atoms with Gasteiger partial charge in [0.1, 0.15) is 6.33 Å². The fourth-order valence-corrected chi connectivity index (χ4v) is 0.858. The second-order valence-corrected chi connectivity index (χ2v) is 2.54. The number of aromatic nitrogens is 4.